The molecule has 0 spiro atoms. The van der Waals surface area contributed by atoms with Crippen LogP contribution in [0, 0.1) is 0 Å². The van der Waals surface area contributed by atoms with E-state index in [4.69, 9.17) is 14.2 Å². The maximum absolute atomic E-state index is 12.7. The summed E-state index contributed by atoms with van der Waals surface area (Å²) in [6.07, 6.45) is 0. The van der Waals surface area contributed by atoms with Gasteiger partial charge in [-0.3, -0.25) is 0 Å². The molecule has 0 saturated carbocycles. The first-order valence-electron chi connectivity index (χ1n) is 9.92. The molecule has 33 heavy (non-hydrogen) atoms. The van der Waals surface area contributed by atoms with Crippen molar-refractivity contribution < 1.29 is 38.1 Å². The van der Waals surface area contributed by atoms with Gasteiger partial charge in [0.15, 0.2) is 0 Å². The number of benzene rings is 3. The summed E-state index contributed by atoms with van der Waals surface area (Å²) in [4.78, 5) is 49.3. The predicted octanol–water partition coefficient (Wildman–Crippen LogP) is 4.09. The predicted molar refractivity (Wildman–Crippen MR) is 117 cm³/mol. The molecular formula is C25H20O8. The van der Waals surface area contributed by atoms with Crippen molar-refractivity contribution in [2.24, 2.45) is 0 Å². The highest BCUT2D eigenvalue weighted by atomic mass is 16.6. The lowest BCUT2D eigenvalue weighted by atomic mass is 10.1. The highest BCUT2D eigenvalue weighted by Gasteiger charge is 2.20. The number of hydrogen-bond acceptors (Lipinski definition) is 8. The van der Waals surface area contributed by atoms with Gasteiger partial charge in [0, 0.05) is 0 Å². The molecule has 3 rings (SSSR count). The number of methoxy groups -OCH3 is 1. The fourth-order valence-electron chi connectivity index (χ4n) is 2.86. The van der Waals surface area contributed by atoms with Crippen LogP contribution < -0.4 is 9.47 Å². The van der Waals surface area contributed by atoms with Gasteiger partial charge in [0.2, 0.25) is 0 Å². The van der Waals surface area contributed by atoms with Crippen molar-refractivity contribution >= 4 is 23.9 Å². The first-order valence-corrected chi connectivity index (χ1v) is 9.92. The monoisotopic (exact) mass is 448 g/mol. The Kier molecular flexibility index (Phi) is 7.54. The van der Waals surface area contributed by atoms with Crippen LogP contribution in [0.1, 0.15) is 48.4 Å². The molecule has 0 heterocycles. The highest BCUT2D eigenvalue weighted by molar-refractivity contribution is 5.99. The van der Waals surface area contributed by atoms with Gasteiger partial charge in [-0.15, -0.1) is 0 Å². The lowest BCUT2D eigenvalue weighted by molar-refractivity contribution is 0.0518. The molecule has 0 unspecified atom stereocenters. The molecular weight excluding hydrogens is 428 g/mol. The Morgan fingerprint density at radius 1 is 0.636 bits per heavy atom. The maximum atomic E-state index is 12.7. The summed E-state index contributed by atoms with van der Waals surface area (Å²) in [6, 6.07) is 18.0. The second kappa shape index (κ2) is 10.7. The van der Waals surface area contributed by atoms with E-state index in [1.807, 2.05) is 0 Å². The summed E-state index contributed by atoms with van der Waals surface area (Å²) < 4.78 is 20.4. The van der Waals surface area contributed by atoms with Crippen LogP contribution in [0.4, 0.5) is 0 Å². The summed E-state index contributed by atoms with van der Waals surface area (Å²) in [5.74, 6) is -2.80. The van der Waals surface area contributed by atoms with E-state index in [1.165, 1.54) is 55.6 Å². The number of esters is 4. The Morgan fingerprint density at radius 2 is 1.12 bits per heavy atom. The number of ether oxygens (including phenoxy) is 4. The lowest BCUT2D eigenvalue weighted by Gasteiger charge is -2.11. The fourth-order valence-corrected chi connectivity index (χ4v) is 2.86. The van der Waals surface area contributed by atoms with Crippen molar-refractivity contribution in [2.45, 2.75) is 6.92 Å². The van der Waals surface area contributed by atoms with Gasteiger partial charge in [-0.05, 0) is 49.4 Å². The van der Waals surface area contributed by atoms with E-state index in [9.17, 15) is 19.2 Å². The van der Waals surface area contributed by atoms with Crippen molar-refractivity contribution in [3.8, 4) is 11.5 Å². The Morgan fingerprint density at radius 3 is 1.61 bits per heavy atom. The summed E-state index contributed by atoms with van der Waals surface area (Å²) in [5, 5.41) is 0. The van der Waals surface area contributed by atoms with Gasteiger partial charge in [-0.25, -0.2) is 19.2 Å². The Labute approximate surface area is 189 Å². The molecule has 8 nitrogen and oxygen atoms in total. The molecule has 0 aliphatic heterocycles. The van der Waals surface area contributed by atoms with Crippen molar-refractivity contribution in [3.63, 3.8) is 0 Å². The Bertz CT molecular complexity index is 1200. The molecule has 0 bridgehead atoms. The average molecular weight is 448 g/mol. The summed E-state index contributed by atoms with van der Waals surface area (Å²) in [5.41, 5.74) is 0.300. The zero-order chi connectivity index (χ0) is 23.8. The van der Waals surface area contributed by atoms with Crippen molar-refractivity contribution in [2.75, 3.05) is 13.7 Å². The van der Waals surface area contributed by atoms with E-state index in [1.54, 1.807) is 31.2 Å². The maximum Gasteiger partial charge on any atom is 0.343 e. The van der Waals surface area contributed by atoms with Crippen LogP contribution in [-0.2, 0) is 9.47 Å². The van der Waals surface area contributed by atoms with Gasteiger partial charge in [-0.2, -0.15) is 0 Å². The molecule has 0 N–H and O–H groups in total. The molecule has 0 aliphatic rings. The zero-order valence-corrected chi connectivity index (χ0v) is 17.9. The third-order valence-electron chi connectivity index (χ3n) is 4.41. The topological polar surface area (TPSA) is 105 Å². The minimum Gasteiger partial charge on any atom is -0.465 e. The molecule has 3 aromatic carbocycles. The molecule has 0 aliphatic carbocycles. The fraction of sp³-hybridized carbons (Fsp3) is 0.120. The van der Waals surface area contributed by atoms with Crippen LogP contribution in [0.15, 0.2) is 72.8 Å². The van der Waals surface area contributed by atoms with E-state index in [0.717, 1.165) is 0 Å². The van der Waals surface area contributed by atoms with Crippen LogP contribution in [0.25, 0.3) is 0 Å². The van der Waals surface area contributed by atoms with Gasteiger partial charge in [0.1, 0.15) is 22.6 Å². The number of hydrogen-bond donors (Lipinski definition) is 0. The molecule has 0 radical (unpaired) electrons. The average Bonchev–Trinajstić information content (AvgIpc) is 2.84. The largest absolute Gasteiger partial charge is 0.465 e. The van der Waals surface area contributed by atoms with Crippen LogP contribution in [-0.4, -0.2) is 37.6 Å². The van der Waals surface area contributed by atoms with Crippen LogP contribution in [0.3, 0.4) is 0 Å². The van der Waals surface area contributed by atoms with Gasteiger partial charge < -0.3 is 18.9 Å². The number of carbonyl (C=O) groups excluding carboxylic acids is 4. The number of carbonyl (C=O) groups is 4. The summed E-state index contributed by atoms with van der Waals surface area (Å²) in [6.45, 7) is 1.84. The van der Waals surface area contributed by atoms with E-state index < -0.39 is 23.9 Å². The smallest absolute Gasteiger partial charge is 0.343 e. The van der Waals surface area contributed by atoms with E-state index in [2.05, 4.69) is 4.74 Å². The highest BCUT2D eigenvalue weighted by Crippen LogP contribution is 2.22. The standard InChI is InChI=1S/C25H20O8/c1-3-31-25(29)19-12-5-7-14-21(19)33-23(27)17-10-8-9-16(15-17)22(26)32-20-13-6-4-11-18(20)24(28)30-2/h4-15H,3H2,1-2H3. The molecule has 0 fully saturated rings. The van der Waals surface area contributed by atoms with Crippen LogP contribution in [0.2, 0.25) is 0 Å². The lowest BCUT2D eigenvalue weighted by Crippen LogP contribution is -2.15. The molecule has 0 saturated heterocycles. The van der Waals surface area contributed by atoms with Crippen LogP contribution in [0.5, 0.6) is 11.5 Å². The minimum atomic E-state index is -0.784. The van der Waals surface area contributed by atoms with Crippen molar-refractivity contribution in [1.82, 2.24) is 0 Å². The van der Waals surface area contributed by atoms with Gasteiger partial charge in [0.05, 0.1) is 24.8 Å². The number of para-hydroxylation sites is 2. The SMILES string of the molecule is CCOC(=O)c1ccccc1OC(=O)c1cccc(C(=O)Oc2ccccc2C(=O)OC)c1. The number of rotatable bonds is 7. The van der Waals surface area contributed by atoms with Crippen molar-refractivity contribution in [3.05, 3.63) is 95.1 Å². The van der Waals surface area contributed by atoms with Gasteiger partial charge in [-0.1, -0.05) is 30.3 Å². The second-order valence-corrected chi connectivity index (χ2v) is 6.56. The van der Waals surface area contributed by atoms with Crippen molar-refractivity contribution in [1.29, 1.82) is 0 Å². The quantitative estimate of drug-likeness (QED) is 0.393. The molecule has 0 amide bonds. The molecule has 0 atom stereocenters. The second-order valence-electron chi connectivity index (χ2n) is 6.56. The van der Waals surface area contributed by atoms with E-state index in [-0.39, 0.29) is 40.4 Å². The van der Waals surface area contributed by atoms with Gasteiger partial charge in [0.25, 0.3) is 0 Å². The van der Waals surface area contributed by atoms with Crippen LogP contribution >= 0.6 is 0 Å². The summed E-state index contributed by atoms with van der Waals surface area (Å²) in [7, 11) is 1.22. The van der Waals surface area contributed by atoms with Gasteiger partial charge >= 0.3 is 23.9 Å². The van der Waals surface area contributed by atoms with E-state index >= 15 is 0 Å². The Balaban J connectivity index is 1.80. The summed E-state index contributed by atoms with van der Waals surface area (Å²) >= 11 is 0. The molecule has 168 valence electrons. The zero-order valence-electron chi connectivity index (χ0n) is 17.9. The minimum absolute atomic E-state index is 0.0192. The first kappa shape index (κ1) is 23.2. The van der Waals surface area contributed by atoms with E-state index in [0.29, 0.717) is 0 Å². The normalized spacial score (nSPS) is 10.1. The Hall–Kier alpha value is -4.46. The third-order valence-corrected chi connectivity index (χ3v) is 4.41. The molecule has 8 heteroatoms. The third kappa shape index (κ3) is 5.62. The molecule has 3 aromatic rings. The molecule has 0 aromatic heterocycles. The first-order chi connectivity index (χ1) is 15.9.